The van der Waals surface area contributed by atoms with Gasteiger partial charge in [0, 0.05) is 35.4 Å². The Kier molecular flexibility index (Phi) is 5.53. The molecule has 0 fully saturated rings. The molecule has 2 aromatic rings. The summed E-state index contributed by atoms with van der Waals surface area (Å²) in [6, 6.07) is 10.6. The topological polar surface area (TPSA) is 59.4 Å². The summed E-state index contributed by atoms with van der Waals surface area (Å²) in [5, 5.41) is 0. The van der Waals surface area contributed by atoms with Crippen molar-refractivity contribution in [3.05, 3.63) is 88.4 Å². The van der Waals surface area contributed by atoms with Crippen molar-refractivity contribution in [2.75, 3.05) is 0 Å². The van der Waals surface area contributed by atoms with Crippen molar-refractivity contribution < 1.29 is 9.59 Å². The number of fused-ring (bicyclic) bond motifs is 1. The van der Waals surface area contributed by atoms with Gasteiger partial charge in [-0.1, -0.05) is 36.4 Å². The van der Waals surface area contributed by atoms with Gasteiger partial charge in [0.25, 0.3) is 11.5 Å². The Bertz CT molecular complexity index is 1080. The Hall–Kier alpha value is -3.21. The van der Waals surface area contributed by atoms with Crippen LogP contribution in [0.2, 0.25) is 0 Å². The van der Waals surface area contributed by atoms with E-state index in [0.29, 0.717) is 42.6 Å². The monoisotopic (exact) mass is 402 g/mol. The maximum Gasteiger partial charge on any atom is 0.268 e. The van der Waals surface area contributed by atoms with Crippen molar-refractivity contribution in [1.29, 1.82) is 0 Å². The second kappa shape index (κ2) is 8.27. The van der Waals surface area contributed by atoms with Crippen LogP contribution >= 0.6 is 0 Å². The molecule has 2 heterocycles. The van der Waals surface area contributed by atoms with Crippen molar-refractivity contribution in [3.63, 3.8) is 0 Å². The van der Waals surface area contributed by atoms with Gasteiger partial charge in [0.1, 0.15) is 5.56 Å². The molecule has 0 saturated carbocycles. The number of nitrogens with zero attached hydrogens (tertiary/aromatic N) is 2. The van der Waals surface area contributed by atoms with Crippen LogP contribution in [0.15, 0.2) is 66.0 Å². The maximum atomic E-state index is 13.6. The number of rotatable bonds is 4. The van der Waals surface area contributed by atoms with Crippen LogP contribution < -0.4 is 5.56 Å². The lowest BCUT2D eigenvalue weighted by molar-refractivity contribution is 0.0620. The highest BCUT2D eigenvalue weighted by molar-refractivity contribution is 6.02. The van der Waals surface area contributed by atoms with Crippen LogP contribution in [0.1, 0.15) is 59.0 Å². The molecule has 1 aliphatic carbocycles. The van der Waals surface area contributed by atoms with Gasteiger partial charge in [-0.15, -0.1) is 6.58 Å². The van der Waals surface area contributed by atoms with E-state index in [1.807, 2.05) is 43.3 Å². The molecule has 0 saturated heterocycles. The fourth-order valence-corrected chi connectivity index (χ4v) is 4.56. The van der Waals surface area contributed by atoms with Gasteiger partial charge in [0.05, 0.1) is 0 Å². The van der Waals surface area contributed by atoms with Crippen molar-refractivity contribution in [1.82, 2.24) is 9.47 Å². The summed E-state index contributed by atoms with van der Waals surface area (Å²) in [6.45, 7) is 5.76. The first-order chi connectivity index (χ1) is 14.5. The molecular weight excluding hydrogens is 376 g/mol. The smallest absolute Gasteiger partial charge is 0.268 e. The van der Waals surface area contributed by atoms with Gasteiger partial charge in [-0.2, -0.15) is 0 Å². The van der Waals surface area contributed by atoms with Gasteiger partial charge < -0.3 is 4.90 Å². The normalized spacial score (nSPS) is 20.7. The van der Waals surface area contributed by atoms with Crippen LogP contribution in [0.4, 0.5) is 0 Å². The molecule has 1 aromatic heterocycles. The molecule has 2 atom stereocenters. The van der Waals surface area contributed by atoms with Gasteiger partial charge in [-0.05, 0) is 50.8 Å². The van der Waals surface area contributed by atoms with E-state index in [1.165, 1.54) is 6.07 Å². The van der Waals surface area contributed by atoms with Crippen LogP contribution in [0, 0.1) is 0 Å². The summed E-state index contributed by atoms with van der Waals surface area (Å²) in [6.07, 6.45) is 9.02. The molecule has 0 N–H and O–H groups in total. The van der Waals surface area contributed by atoms with Crippen molar-refractivity contribution in [2.45, 2.75) is 51.1 Å². The second-order valence-electron chi connectivity index (χ2n) is 7.97. The van der Waals surface area contributed by atoms with Gasteiger partial charge in [0.2, 0.25) is 0 Å². The third-order valence-corrected chi connectivity index (χ3v) is 5.99. The number of carbonyl (C=O) groups excluding carboxylic acids is 2. The molecule has 0 radical (unpaired) electrons. The van der Waals surface area contributed by atoms with E-state index in [4.69, 9.17) is 0 Å². The quantitative estimate of drug-likeness (QED) is 0.724. The predicted molar refractivity (Wildman–Crippen MR) is 117 cm³/mol. The van der Waals surface area contributed by atoms with E-state index in [0.717, 1.165) is 6.42 Å². The lowest BCUT2D eigenvalue weighted by atomic mass is 9.92. The van der Waals surface area contributed by atoms with E-state index < -0.39 is 0 Å². The van der Waals surface area contributed by atoms with Gasteiger partial charge in [-0.25, -0.2) is 0 Å². The predicted octanol–water partition coefficient (Wildman–Crippen LogP) is 4.09. The highest BCUT2D eigenvalue weighted by Crippen LogP contribution is 2.26. The Balaban J connectivity index is 1.90. The molecule has 1 amide bonds. The minimum atomic E-state index is -0.362. The number of hydrogen-bond donors (Lipinski definition) is 0. The van der Waals surface area contributed by atoms with Crippen LogP contribution in [0.5, 0.6) is 0 Å². The number of hydrogen-bond acceptors (Lipinski definition) is 3. The molecule has 0 unspecified atom stereocenters. The highest BCUT2D eigenvalue weighted by Gasteiger charge is 2.33. The lowest BCUT2D eigenvalue weighted by Gasteiger charge is -2.37. The number of aromatic nitrogens is 1. The van der Waals surface area contributed by atoms with Crippen molar-refractivity contribution >= 4 is 11.7 Å². The summed E-state index contributed by atoms with van der Waals surface area (Å²) in [4.78, 5) is 41.6. The first-order valence-corrected chi connectivity index (χ1v) is 10.5. The Labute approximate surface area is 176 Å². The molecule has 0 spiro atoms. The average molecular weight is 402 g/mol. The summed E-state index contributed by atoms with van der Waals surface area (Å²) in [7, 11) is 0. The van der Waals surface area contributed by atoms with Gasteiger partial charge >= 0.3 is 0 Å². The van der Waals surface area contributed by atoms with Gasteiger partial charge in [-0.3, -0.25) is 19.0 Å². The summed E-state index contributed by atoms with van der Waals surface area (Å²) in [5.41, 5.74) is 1.57. The van der Waals surface area contributed by atoms with E-state index in [1.54, 1.807) is 15.5 Å². The van der Waals surface area contributed by atoms with Gasteiger partial charge in [0.15, 0.2) is 5.78 Å². The number of ketones is 1. The van der Waals surface area contributed by atoms with E-state index in [-0.39, 0.29) is 34.9 Å². The molecule has 0 bridgehead atoms. The zero-order chi connectivity index (χ0) is 21.3. The largest absolute Gasteiger partial charge is 0.329 e. The Morgan fingerprint density at radius 2 is 1.97 bits per heavy atom. The molecule has 2 aliphatic rings. The van der Waals surface area contributed by atoms with Crippen LogP contribution in [-0.2, 0) is 6.42 Å². The molecule has 30 heavy (non-hydrogen) atoms. The second-order valence-corrected chi connectivity index (χ2v) is 7.97. The minimum Gasteiger partial charge on any atom is -0.329 e. The average Bonchev–Trinajstić information content (AvgIpc) is 2.74. The summed E-state index contributed by atoms with van der Waals surface area (Å²) >= 11 is 0. The molecular formula is C25H26N2O3. The number of para-hydroxylation sites is 1. The van der Waals surface area contributed by atoms with Crippen LogP contribution in [0.3, 0.4) is 0 Å². The summed E-state index contributed by atoms with van der Waals surface area (Å²) in [5.74, 6) is -0.334. The van der Waals surface area contributed by atoms with E-state index in [2.05, 4.69) is 12.7 Å². The number of pyridine rings is 1. The number of Topliss-reactive ketones (excluding diaryl/α,β-unsaturated/α-hetero) is 1. The standard InChI is InChI=1S/C25H26N2O3/c1-3-9-18-13-7-10-17(2)26(18)24(29)21-16-20-22(14-8-15-23(20)28)27(25(21)30)19-11-5-4-6-12-19/h3-7,10-12,16-18H,1,8-9,13-15H2,2H3/t17-,18-/m1/s1. The first kappa shape index (κ1) is 20.1. The number of carbonyl (C=O) groups is 2. The molecule has 4 rings (SSSR count). The third-order valence-electron chi connectivity index (χ3n) is 5.99. The van der Waals surface area contributed by atoms with Crippen molar-refractivity contribution in [2.24, 2.45) is 0 Å². The number of benzene rings is 1. The molecule has 1 aliphatic heterocycles. The van der Waals surface area contributed by atoms with Crippen LogP contribution in [-0.4, -0.2) is 33.2 Å². The Morgan fingerprint density at radius 3 is 2.70 bits per heavy atom. The zero-order valence-electron chi connectivity index (χ0n) is 17.2. The Morgan fingerprint density at radius 1 is 1.20 bits per heavy atom. The summed E-state index contributed by atoms with van der Waals surface area (Å²) < 4.78 is 1.56. The van der Waals surface area contributed by atoms with E-state index >= 15 is 0 Å². The SMILES string of the molecule is C=CC[C@@H]1CC=C[C@@H](C)N1C(=O)c1cc2c(n(-c3ccccc3)c1=O)CCCC2=O. The molecule has 5 heteroatoms. The fourth-order valence-electron chi connectivity index (χ4n) is 4.56. The lowest BCUT2D eigenvalue weighted by Crippen LogP contribution is -2.49. The first-order valence-electron chi connectivity index (χ1n) is 10.5. The zero-order valence-corrected chi connectivity index (χ0v) is 17.2. The van der Waals surface area contributed by atoms with E-state index in [9.17, 15) is 14.4 Å². The fraction of sp³-hybridized carbons (Fsp3) is 0.320. The molecule has 154 valence electrons. The maximum absolute atomic E-state index is 13.6. The molecule has 1 aromatic carbocycles. The molecule has 5 nitrogen and oxygen atoms in total. The highest BCUT2D eigenvalue weighted by atomic mass is 16.2. The number of amides is 1. The van der Waals surface area contributed by atoms with Crippen LogP contribution in [0.25, 0.3) is 5.69 Å². The van der Waals surface area contributed by atoms with Crippen molar-refractivity contribution in [3.8, 4) is 5.69 Å². The minimum absolute atomic E-state index is 0.00999. The third kappa shape index (κ3) is 3.45.